The molecule has 25 heavy (non-hydrogen) atoms. The minimum absolute atomic E-state index is 0.198. The summed E-state index contributed by atoms with van der Waals surface area (Å²) >= 11 is 0. The van der Waals surface area contributed by atoms with Crippen LogP contribution < -0.4 is 5.32 Å². The van der Waals surface area contributed by atoms with Gasteiger partial charge in [-0.15, -0.1) is 0 Å². The first-order chi connectivity index (χ1) is 11.9. The van der Waals surface area contributed by atoms with E-state index in [2.05, 4.69) is 18.3 Å². The van der Waals surface area contributed by atoms with E-state index in [1.807, 2.05) is 75.4 Å². The average molecular weight is 332 g/mol. The Morgan fingerprint density at radius 3 is 2.08 bits per heavy atom. The number of amides is 1. The molecule has 2 rings (SSSR count). The van der Waals surface area contributed by atoms with Gasteiger partial charge >= 0.3 is 0 Å². The smallest absolute Gasteiger partial charge is 0.255 e. The minimum atomic E-state index is -0.375. The lowest BCUT2D eigenvalue weighted by atomic mass is 9.86. The summed E-state index contributed by atoms with van der Waals surface area (Å²) in [5.41, 5.74) is 3.32. The largest absolute Gasteiger partial charge is 0.324 e. The maximum Gasteiger partial charge on any atom is 0.255 e. The van der Waals surface area contributed by atoms with Crippen LogP contribution in [-0.4, -0.2) is 5.91 Å². The molecule has 3 heteroatoms. The Labute approximate surface area is 150 Å². The molecule has 0 bridgehead atoms. The summed E-state index contributed by atoms with van der Waals surface area (Å²) in [5.74, 6) is -0.198. The van der Waals surface area contributed by atoms with Crippen molar-refractivity contribution < 1.29 is 4.79 Å². The Morgan fingerprint density at radius 1 is 1.00 bits per heavy atom. The van der Waals surface area contributed by atoms with Gasteiger partial charge in [0.1, 0.15) is 6.07 Å². The Balaban J connectivity index is 2.43. The van der Waals surface area contributed by atoms with Crippen LogP contribution in [0.5, 0.6) is 0 Å². The lowest BCUT2D eigenvalue weighted by Gasteiger charge is -2.25. The first-order valence-electron chi connectivity index (χ1n) is 8.47. The van der Waals surface area contributed by atoms with Crippen molar-refractivity contribution in [3.05, 3.63) is 77.0 Å². The van der Waals surface area contributed by atoms with E-state index in [4.69, 9.17) is 0 Å². The molecule has 1 N–H and O–H groups in total. The molecule has 2 aromatic carbocycles. The predicted molar refractivity (Wildman–Crippen MR) is 102 cm³/mol. The summed E-state index contributed by atoms with van der Waals surface area (Å²) in [7, 11) is 0. The van der Waals surface area contributed by atoms with Crippen LogP contribution in [0.1, 0.15) is 49.2 Å². The van der Waals surface area contributed by atoms with E-state index in [0.29, 0.717) is 16.8 Å². The van der Waals surface area contributed by atoms with Crippen LogP contribution in [0.2, 0.25) is 0 Å². The number of hydrogen-bond donors (Lipinski definition) is 1. The molecular weight excluding hydrogens is 308 g/mol. The number of allylic oxidation sites excluding steroid dienone is 2. The number of nitrogens with zero attached hydrogens (tertiary/aromatic N) is 1. The Hall–Kier alpha value is -2.86. The van der Waals surface area contributed by atoms with Gasteiger partial charge in [0.15, 0.2) is 0 Å². The van der Waals surface area contributed by atoms with E-state index in [-0.39, 0.29) is 11.3 Å². The van der Waals surface area contributed by atoms with Crippen molar-refractivity contribution in [2.24, 2.45) is 5.41 Å². The van der Waals surface area contributed by atoms with Crippen LogP contribution in [0.15, 0.2) is 60.3 Å². The average Bonchev–Trinajstić information content (AvgIpc) is 2.61. The predicted octanol–water partition coefficient (Wildman–Crippen LogP) is 4.96. The SMILES string of the molecule is CCc1ccc(C(=O)NC(=C(C#N)c2ccccc2)C(C)(C)C)cc1. The molecule has 0 saturated carbocycles. The van der Waals surface area contributed by atoms with E-state index < -0.39 is 0 Å². The zero-order chi connectivity index (χ0) is 18.4. The van der Waals surface area contributed by atoms with Crippen molar-refractivity contribution in [1.82, 2.24) is 5.32 Å². The lowest BCUT2D eigenvalue weighted by Crippen LogP contribution is -2.31. The van der Waals surface area contributed by atoms with Crippen LogP contribution in [0.25, 0.3) is 5.57 Å². The van der Waals surface area contributed by atoms with Gasteiger partial charge < -0.3 is 5.32 Å². The topological polar surface area (TPSA) is 52.9 Å². The number of benzene rings is 2. The molecule has 0 aliphatic rings. The van der Waals surface area contributed by atoms with E-state index in [9.17, 15) is 10.1 Å². The van der Waals surface area contributed by atoms with Gasteiger partial charge in [-0.3, -0.25) is 4.79 Å². The number of carbonyl (C=O) groups excluding carboxylic acids is 1. The van der Waals surface area contributed by atoms with Gasteiger partial charge in [-0.1, -0.05) is 70.2 Å². The summed E-state index contributed by atoms with van der Waals surface area (Å²) in [6, 6.07) is 19.3. The maximum atomic E-state index is 12.7. The van der Waals surface area contributed by atoms with E-state index in [0.717, 1.165) is 12.0 Å². The highest BCUT2D eigenvalue weighted by Crippen LogP contribution is 2.30. The number of aryl methyl sites for hydroxylation is 1. The first-order valence-corrected chi connectivity index (χ1v) is 8.47. The Kier molecular flexibility index (Phi) is 5.77. The summed E-state index contributed by atoms with van der Waals surface area (Å²) in [4.78, 5) is 12.7. The second-order valence-electron chi connectivity index (χ2n) is 6.98. The minimum Gasteiger partial charge on any atom is -0.324 e. The molecule has 0 radical (unpaired) electrons. The summed E-state index contributed by atoms with van der Waals surface area (Å²) in [5, 5.41) is 12.7. The van der Waals surface area contributed by atoms with Gasteiger partial charge in [-0.2, -0.15) is 5.26 Å². The van der Waals surface area contributed by atoms with Crippen molar-refractivity contribution in [2.75, 3.05) is 0 Å². The number of rotatable bonds is 4. The number of hydrogen-bond acceptors (Lipinski definition) is 2. The summed E-state index contributed by atoms with van der Waals surface area (Å²) in [6.07, 6.45) is 0.932. The normalized spacial score (nSPS) is 12.1. The maximum absolute atomic E-state index is 12.7. The van der Waals surface area contributed by atoms with Crippen LogP contribution in [-0.2, 0) is 6.42 Å². The van der Waals surface area contributed by atoms with E-state index >= 15 is 0 Å². The zero-order valence-corrected chi connectivity index (χ0v) is 15.3. The highest BCUT2D eigenvalue weighted by molar-refractivity contribution is 5.97. The third-order valence-electron chi connectivity index (χ3n) is 4.04. The molecule has 3 nitrogen and oxygen atoms in total. The van der Waals surface area contributed by atoms with Gasteiger partial charge in [0.05, 0.1) is 5.57 Å². The van der Waals surface area contributed by atoms with Crippen LogP contribution in [0, 0.1) is 16.7 Å². The number of nitrogens with one attached hydrogen (secondary N) is 1. The summed E-state index contributed by atoms with van der Waals surface area (Å²) in [6.45, 7) is 8.05. The molecule has 0 atom stereocenters. The Bertz CT molecular complexity index is 804. The van der Waals surface area contributed by atoms with Gasteiger partial charge in [0.2, 0.25) is 0 Å². The number of nitriles is 1. The van der Waals surface area contributed by atoms with Gasteiger partial charge in [0.25, 0.3) is 5.91 Å². The molecule has 0 aliphatic heterocycles. The first kappa shape index (κ1) is 18.5. The quantitative estimate of drug-likeness (QED) is 0.805. The zero-order valence-electron chi connectivity index (χ0n) is 15.3. The summed E-state index contributed by atoms with van der Waals surface area (Å²) < 4.78 is 0. The van der Waals surface area contributed by atoms with Crippen molar-refractivity contribution in [3.63, 3.8) is 0 Å². The molecule has 128 valence electrons. The van der Waals surface area contributed by atoms with Gasteiger partial charge in [-0.05, 0) is 29.7 Å². The third kappa shape index (κ3) is 4.58. The molecular formula is C22H24N2O. The molecule has 0 unspecified atom stereocenters. The molecule has 0 spiro atoms. The van der Waals surface area contributed by atoms with Crippen LogP contribution >= 0.6 is 0 Å². The second kappa shape index (κ2) is 7.81. The van der Waals surface area contributed by atoms with Gasteiger partial charge in [-0.25, -0.2) is 0 Å². The fourth-order valence-corrected chi connectivity index (χ4v) is 2.57. The van der Waals surface area contributed by atoms with Crippen LogP contribution in [0.4, 0.5) is 0 Å². The fraction of sp³-hybridized carbons (Fsp3) is 0.273. The standard InChI is InChI=1S/C22H24N2O/c1-5-16-11-13-18(14-12-16)21(25)24-20(22(2,3)4)19(15-23)17-9-7-6-8-10-17/h6-14H,5H2,1-4H3,(H,24,25). The van der Waals surface area contributed by atoms with E-state index in [1.165, 1.54) is 5.56 Å². The van der Waals surface area contributed by atoms with Crippen molar-refractivity contribution in [1.29, 1.82) is 5.26 Å². The van der Waals surface area contributed by atoms with Crippen molar-refractivity contribution in [3.8, 4) is 6.07 Å². The molecule has 0 heterocycles. The monoisotopic (exact) mass is 332 g/mol. The lowest BCUT2D eigenvalue weighted by molar-refractivity contribution is 0.0958. The second-order valence-corrected chi connectivity index (χ2v) is 6.98. The molecule has 0 aromatic heterocycles. The third-order valence-corrected chi connectivity index (χ3v) is 4.04. The van der Waals surface area contributed by atoms with Crippen molar-refractivity contribution in [2.45, 2.75) is 34.1 Å². The molecule has 2 aromatic rings. The number of carbonyl (C=O) groups is 1. The highest BCUT2D eigenvalue weighted by Gasteiger charge is 2.24. The molecule has 1 amide bonds. The highest BCUT2D eigenvalue weighted by atomic mass is 16.1. The Morgan fingerprint density at radius 2 is 1.60 bits per heavy atom. The molecule has 0 fully saturated rings. The fourth-order valence-electron chi connectivity index (χ4n) is 2.57. The molecule has 0 aliphatic carbocycles. The van der Waals surface area contributed by atoms with Crippen LogP contribution in [0.3, 0.4) is 0 Å². The van der Waals surface area contributed by atoms with E-state index in [1.54, 1.807) is 0 Å². The van der Waals surface area contributed by atoms with Gasteiger partial charge in [0, 0.05) is 16.7 Å². The van der Waals surface area contributed by atoms with Crippen molar-refractivity contribution >= 4 is 11.5 Å². The molecule has 0 saturated heterocycles.